The number of hydrogen-bond acceptors (Lipinski definition) is 6. The molecule has 1 unspecified atom stereocenters. The maximum Gasteiger partial charge on any atom is 0.163 e. The minimum atomic E-state index is 0.00458. The predicted molar refractivity (Wildman–Crippen MR) is 85.8 cm³/mol. The number of aryl methyl sites for hydroxylation is 2. The van der Waals surface area contributed by atoms with E-state index in [0.717, 1.165) is 51.5 Å². The molecule has 2 aromatic rings. The fourth-order valence-electron chi connectivity index (χ4n) is 2.74. The van der Waals surface area contributed by atoms with E-state index in [1.807, 2.05) is 0 Å². The highest BCUT2D eigenvalue weighted by Crippen LogP contribution is 2.22. The van der Waals surface area contributed by atoms with Crippen molar-refractivity contribution in [1.82, 2.24) is 24.6 Å². The first kappa shape index (κ1) is 15.6. The molecular formula is C15H23N5OS. The van der Waals surface area contributed by atoms with Crippen LogP contribution in [0.25, 0.3) is 0 Å². The fourth-order valence-corrected chi connectivity index (χ4v) is 3.63. The van der Waals surface area contributed by atoms with Crippen LogP contribution in [0.1, 0.15) is 42.9 Å². The van der Waals surface area contributed by atoms with Crippen molar-refractivity contribution in [2.75, 3.05) is 19.7 Å². The molecule has 1 aliphatic rings. The first-order chi connectivity index (χ1) is 10.8. The van der Waals surface area contributed by atoms with Crippen molar-refractivity contribution in [2.45, 2.75) is 45.9 Å². The second-order valence-corrected chi connectivity index (χ2v) is 6.49. The van der Waals surface area contributed by atoms with Gasteiger partial charge in [0, 0.05) is 31.6 Å². The Labute approximate surface area is 135 Å². The van der Waals surface area contributed by atoms with Gasteiger partial charge < -0.3 is 9.30 Å². The zero-order chi connectivity index (χ0) is 15.4. The second-order valence-electron chi connectivity index (χ2n) is 5.55. The van der Waals surface area contributed by atoms with E-state index in [0.29, 0.717) is 0 Å². The quantitative estimate of drug-likeness (QED) is 0.817. The Balaban J connectivity index is 1.62. The Bertz CT molecular complexity index is 596. The summed E-state index contributed by atoms with van der Waals surface area (Å²) < 4.78 is 7.95. The van der Waals surface area contributed by atoms with Crippen LogP contribution in [0.15, 0.2) is 11.7 Å². The molecule has 3 rings (SSSR count). The number of nitrogens with zero attached hydrogens (tertiary/aromatic N) is 5. The monoisotopic (exact) mass is 321 g/mol. The van der Waals surface area contributed by atoms with E-state index in [9.17, 15) is 0 Å². The summed E-state index contributed by atoms with van der Waals surface area (Å²) in [5.74, 6) is 0.928. The zero-order valence-corrected chi connectivity index (χ0v) is 14.1. The van der Waals surface area contributed by atoms with Crippen molar-refractivity contribution in [1.29, 1.82) is 0 Å². The van der Waals surface area contributed by atoms with Gasteiger partial charge >= 0.3 is 0 Å². The third kappa shape index (κ3) is 3.53. The van der Waals surface area contributed by atoms with Gasteiger partial charge in [-0.05, 0) is 19.8 Å². The zero-order valence-electron chi connectivity index (χ0n) is 13.2. The minimum absolute atomic E-state index is 0.00458. The van der Waals surface area contributed by atoms with E-state index in [1.54, 1.807) is 17.7 Å². The lowest BCUT2D eigenvalue weighted by Gasteiger charge is -2.31. The van der Waals surface area contributed by atoms with Crippen molar-refractivity contribution in [2.24, 2.45) is 0 Å². The molecule has 7 heteroatoms. The Hall–Kier alpha value is -1.31. The second kappa shape index (κ2) is 7.30. The highest BCUT2D eigenvalue weighted by molar-refractivity contribution is 7.09. The van der Waals surface area contributed by atoms with Gasteiger partial charge in [0.2, 0.25) is 0 Å². The van der Waals surface area contributed by atoms with Crippen LogP contribution in [0.5, 0.6) is 0 Å². The molecule has 0 spiro atoms. The minimum Gasteiger partial charge on any atom is -0.368 e. The van der Waals surface area contributed by atoms with E-state index in [4.69, 9.17) is 9.72 Å². The maximum absolute atomic E-state index is 5.89. The van der Waals surface area contributed by atoms with Crippen LogP contribution in [0, 0.1) is 0 Å². The highest BCUT2D eigenvalue weighted by atomic mass is 32.1. The van der Waals surface area contributed by atoms with Gasteiger partial charge in [-0.3, -0.25) is 4.90 Å². The van der Waals surface area contributed by atoms with Crippen molar-refractivity contribution < 1.29 is 4.74 Å². The summed E-state index contributed by atoms with van der Waals surface area (Å²) in [6, 6.07) is 0. The van der Waals surface area contributed by atoms with E-state index < -0.39 is 0 Å². The number of morpholine rings is 1. The van der Waals surface area contributed by atoms with Crippen molar-refractivity contribution in [3.8, 4) is 0 Å². The Morgan fingerprint density at radius 3 is 3.14 bits per heavy atom. The van der Waals surface area contributed by atoms with Crippen molar-refractivity contribution >= 4 is 11.3 Å². The predicted octanol–water partition coefficient (Wildman–Crippen LogP) is 2.28. The molecule has 0 aliphatic carbocycles. The molecular weight excluding hydrogens is 298 g/mol. The summed E-state index contributed by atoms with van der Waals surface area (Å²) in [7, 11) is 0. The summed E-state index contributed by atoms with van der Waals surface area (Å²) >= 11 is 1.77. The summed E-state index contributed by atoms with van der Waals surface area (Å²) in [6.07, 6.45) is 4.01. The molecule has 1 fully saturated rings. The van der Waals surface area contributed by atoms with Gasteiger partial charge in [-0.25, -0.2) is 4.98 Å². The van der Waals surface area contributed by atoms with Crippen LogP contribution < -0.4 is 0 Å². The molecule has 0 N–H and O–H groups in total. The van der Waals surface area contributed by atoms with Crippen LogP contribution in [0.2, 0.25) is 0 Å². The first-order valence-electron chi connectivity index (χ1n) is 7.95. The molecule has 0 aromatic carbocycles. The van der Waals surface area contributed by atoms with Crippen molar-refractivity contribution in [3.63, 3.8) is 0 Å². The molecule has 120 valence electrons. The SMILES string of the molecule is CCCc1nc(CN2CCOC(c3nncn3CC)C2)cs1. The largest absolute Gasteiger partial charge is 0.368 e. The van der Waals surface area contributed by atoms with Gasteiger partial charge in [-0.1, -0.05) is 6.92 Å². The third-order valence-corrected chi connectivity index (χ3v) is 4.83. The molecule has 3 heterocycles. The molecule has 0 amide bonds. The molecule has 1 saturated heterocycles. The van der Waals surface area contributed by atoms with Gasteiger partial charge in [0.25, 0.3) is 0 Å². The molecule has 6 nitrogen and oxygen atoms in total. The number of rotatable bonds is 6. The highest BCUT2D eigenvalue weighted by Gasteiger charge is 2.26. The third-order valence-electron chi connectivity index (χ3n) is 3.87. The lowest BCUT2D eigenvalue weighted by Crippen LogP contribution is -2.38. The summed E-state index contributed by atoms with van der Waals surface area (Å²) in [5, 5.41) is 11.7. The van der Waals surface area contributed by atoms with Crippen LogP contribution in [0.4, 0.5) is 0 Å². The summed E-state index contributed by atoms with van der Waals surface area (Å²) in [6.45, 7) is 8.56. The summed E-state index contributed by atoms with van der Waals surface area (Å²) in [5.41, 5.74) is 1.17. The molecule has 0 saturated carbocycles. The van der Waals surface area contributed by atoms with Crippen LogP contribution in [0.3, 0.4) is 0 Å². The van der Waals surface area contributed by atoms with E-state index in [1.165, 1.54) is 10.7 Å². The van der Waals surface area contributed by atoms with Crippen molar-refractivity contribution in [3.05, 3.63) is 28.2 Å². The lowest BCUT2D eigenvalue weighted by atomic mass is 10.2. The number of ether oxygens (including phenoxy) is 1. The van der Waals surface area contributed by atoms with Gasteiger partial charge in [0.15, 0.2) is 5.82 Å². The normalized spacial score (nSPS) is 19.6. The fraction of sp³-hybridized carbons (Fsp3) is 0.667. The van der Waals surface area contributed by atoms with Crippen LogP contribution in [-0.2, 0) is 24.2 Å². The standard InChI is InChI=1S/C15H23N5OS/c1-3-5-14-17-12(10-22-14)8-19-6-7-21-13(9-19)15-18-16-11-20(15)4-2/h10-11,13H,3-9H2,1-2H3. The molecule has 0 radical (unpaired) electrons. The molecule has 0 bridgehead atoms. The molecule has 1 atom stereocenters. The number of hydrogen-bond donors (Lipinski definition) is 0. The number of aromatic nitrogens is 4. The average molecular weight is 321 g/mol. The van der Waals surface area contributed by atoms with E-state index in [2.05, 4.69) is 38.9 Å². The average Bonchev–Trinajstić information content (AvgIpc) is 3.17. The smallest absolute Gasteiger partial charge is 0.163 e. The molecule has 1 aliphatic heterocycles. The lowest BCUT2D eigenvalue weighted by molar-refractivity contribution is -0.0391. The first-order valence-corrected chi connectivity index (χ1v) is 8.83. The van der Waals surface area contributed by atoms with Gasteiger partial charge in [0.05, 0.1) is 17.3 Å². The van der Waals surface area contributed by atoms with E-state index in [-0.39, 0.29) is 6.10 Å². The number of thiazole rings is 1. The Morgan fingerprint density at radius 2 is 2.32 bits per heavy atom. The van der Waals surface area contributed by atoms with Crippen LogP contribution in [-0.4, -0.2) is 44.3 Å². The summed E-state index contributed by atoms with van der Waals surface area (Å²) in [4.78, 5) is 7.11. The van der Waals surface area contributed by atoms with E-state index >= 15 is 0 Å². The van der Waals surface area contributed by atoms with Gasteiger partial charge in [0.1, 0.15) is 12.4 Å². The molecule has 2 aromatic heterocycles. The van der Waals surface area contributed by atoms with Gasteiger partial charge in [-0.2, -0.15) is 0 Å². The van der Waals surface area contributed by atoms with Crippen LogP contribution >= 0.6 is 11.3 Å². The Morgan fingerprint density at radius 1 is 1.41 bits per heavy atom. The Kier molecular flexibility index (Phi) is 5.17. The van der Waals surface area contributed by atoms with Gasteiger partial charge in [-0.15, -0.1) is 21.5 Å². The maximum atomic E-state index is 5.89. The topological polar surface area (TPSA) is 56.1 Å². The molecule has 22 heavy (non-hydrogen) atoms.